The molecule has 0 spiro atoms. The summed E-state index contributed by atoms with van der Waals surface area (Å²) in [5.41, 5.74) is 10.0. The molecule has 0 radical (unpaired) electrons. The van der Waals surface area contributed by atoms with Crippen molar-refractivity contribution < 1.29 is 4.42 Å². The highest BCUT2D eigenvalue weighted by molar-refractivity contribution is 6.26. The van der Waals surface area contributed by atoms with Crippen LogP contribution in [0.5, 0.6) is 0 Å². The number of amidine groups is 1. The van der Waals surface area contributed by atoms with Crippen molar-refractivity contribution in [1.29, 1.82) is 0 Å². The molecule has 0 amide bonds. The van der Waals surface area contributed by atoms with Gasteiger partial charge in [-0.25, -0.2) is 9.98 Å². The molecule has 3 heterocycles. The van der Waals surface area contributed by atoms with Gasteiger partial charge in [0.05, 0.1) is 28.1 Å². The molecule has 4 heteroatoms. The molecule has 1 aliphatic heterocycles. The quantitative estimate of drug-likeness (QED) is 0.175. The summed E-state index contributed by atoms with van der Waals surface area (Å²) in [5.74, 6) is 0.710. The minimum atomic E-state index is 0.0269. The van der Waals surface area contributed by atoms with Gasteiger partial charge in [-0.05, 0) is 85.9 Å². The molecule has 2 aromatic heterocycles. The van der Waals surface area contributed by atoms with Crippen LogP contribution in [0, 0.1) is 5.92 Å². The molecular formula is C59H39N3O. The van der Waals surface area contributed by atoms with Crippen LogP contribution in [0.4, 0.5) is 0 Å². The van der Waals surface area contributed by atoms with Crippen molar-refractivity contribution >= 4 is 104 Å². The van der Waals surface area contributed by atoms with Crippen molar-refractivity contribution in [2.24, 2.45) is 15.9 Å². The molecule has 0 fully saturated rings. The van der Waals surface area contributed by atoms with Crippen LogP contribution in [0.3, 0.4) is 0 Å². The first-order valence-electron chi connectivity index (χ1n) is 21.8. The van der Waals surface area contributed by atoms with E-state index in [4.69, 9.17) is 14.4 Å². The van der Waals surface area contributed by atoms with Gasteiger partial charge in [0, 0.05) is 50.2 Å². The van der Waals surface area contributed by atoms with E-state index in [0.29, 0.717) is 5.84 Å². The van der Waals surface area contributed by atoms with Crippen molar-refractivity contribution in [3.8, 4) is 5.69 Å². The Balaban J connectivity index is 1.11. The summed E-state index contributed by atoms with van der Waals surface area (Å²) in [6, 6.07) is 69.8. The Morgan fingerprint density at radius 2 is 1.11 bits per heavy atom. The standard InChI is InChI=1S/C59H39N3O/c1-36-25-29-51(47-23-12-19-38-14-6-8-20-45(38)47)60-59(43-27-26-37-13-2-3-16-40(37)31-43)61-58(36)50-34-44(35-55-57(50)48-22-10-11-24-54(48)63-55)62-52-30-28-39-15-7-9-21-46(39)56(52)49-32-41-17-4-5-18-42(41)33-53(49)62/h2-24,26-36H,25H2,1H3/b51-29+,60-59?,61-58?. The number of hydrogen-bond donors (Lipinski definition) is 0. The molecule has 0 N–H and O–H groups in total. The second-order valence-corrected chi connectivity index (χ2v) is 16.9. The van der Waals surface area contributed by atoms with E-state index in [1.165, 1.54) is 48.5 Å². The summed E-state index contributed by atoms with van der Waals surface area (Å²) < 4.78 is 9.28. The van der Waals surface area contributed by atoms with Crippen molar-refractivity contribution in [2.45, 2.75) is 13.3 Å². The van der Waals surface area contributed by atoms with E-state index >= 15 is 0 Å². The van der Waals surface area contributed by atoms with Gasteiger partial charge >= 0.3 is 0 Å². The maximum Gasteiger partial charge on any atom is 0.160 e. The third kappa shape index (κ3) is 5.68. The lowest BCUT2D eigenvalue weighted by Crippen LogP contribution is -2.18. The van der Waals surface area contributed by atoms with Gasteiger partial charge in [0.1, 0.15) is 11.2 Å². The lowest BCUT2D eigenvalue weighted by molar-refractivity contribution is 0.668. The van der Waals surface area contributed by atoms with Crippen molar-refractivity contribution in [2.75, 3.05) is 0 Å². The number of fused-ring (bicyclic) bond motifs is 11. The van der Waals surface area contributed by atoms with E-state index in [1.54, 1.807) is 0 Å². The van der Waals surface area contributed by atoms with E-state index in [1.807, 2.05) is 0 Å². The minimum Gasteiger partial charge on any atom is -0.456 e. The van der Waals surface area contributed by atoms with Gasteiger partial charge in [0.2, 0.25) is 0 Å². The van der Waals surface area contributed by atoms with Crippen LogP contribution in [-0.4, -0.2) is 16.1 Å². The van der Waals surface area contributed by atoms with E-state index in [0.717, 1.165) is 78.6 Å². The maximum absolute atomic E-state index is 6.84. The smallest absolute Gasteiger partial charge is 0.160 e. The molecule has 0 aliphatic carbocycles. The fourth-order valence-electron chi connectivity index (χ4n) is 10.1. The Labute approximate surface area is 363 Å². The van der Waals surface area contributed by atoms with Gasteiger partial charge in [-0.15, -0.1) is 0 Å². The summed E-state index contributed by atoms with van der Waals surface area (Å²) in [6.45, 7) is 2.30. The number of nitrogens with zero attached hydrogens (tertiary/aromatic N) is 3. The van der Waals surface area contributed by atoms with Crippen molar-refractivity contribution in [3.63, 3.8) is 0 Å². The van der Waals surface area contributed by atoms with Crippen LogP contribution in [0.2, 0.25) is 0 Å². The molecule has 12 aromatic rings. The zero-order chi connectivity index (χ0) is 41.6. The molecule has 0 saturated carbocycles. The Kier molecular flexibility index (Phi) is 7.91. The van der Waals surface area contributed by atoms with E-state index in [9.17, 15) is 0 Å². The fourth-order valence-corrected chi connectivity index (χ4v) is 10.1. The monoisotopic (exact) mass is 805 g/mol. The lowest BCUT2D eigenvalue weighted by atomic mass is 9.90. The average Bonchev–Trinajstić information content (AvgIpc) is 3.87. The Hall–Kier alpha value is -8.08. The predicted molar refractivity (Wildman–Crippen MR) is 266 cm³/mol. The largest absolute Gasteiger partial charge is 0.456 e. The Morgan fingerprint density at radius 3 is 1.94 bits per heavy atom. The summed E-state index contributed by atoms with van der Waals surface area (Å²) in [5, 5.41) is 14.2. The predicted octanol–water partition coefficient (Wildman–Crippen LogP) is 15.6. The Bertz CT molecular complexity index is 3970. The molecule has 0 saturated heterocycles. The first kappa shape index (κ1) is 35.7. The Morgan fingerprint density at radius 1 is 0.460 bits per heavy atom. The fraction of sp³-hybridized carbons (Fsp3) is 0.0508. The van der Waals surface area contributed by atoms with Gasteiger partial charge in [0.25, 0.3) is 0 Å². The zero-order valence-corrected chi connectivity index (χ0v) is 34.6. The third-order valence-electron chi connectivity index (χ3n) is 13.2. The summed E-state index contributed by atoms with van der Waals surface area (Å²) in [6.07, 6.45) is 3.07. The minimum absolute atomic E-state index is 0.0269. The lowest BCUT2D eigenvalue weighted by Gasteiger charge is -2.20. The number of rotatable bonds is 4. The number of furan rings is 1. The van der Waals surface area contributed by atoms with Gasteiger partial charge in [-0.3, -0.25) is 0 Å². The van der Waals surface area contributed by atoms with Crippen LogP contribution in [0.25, 0.3) is 98.2 Å². The molecule has 63 heavy (non-hydrogen) atoms. The second-order valence-electron chi connectivity index (χ2n) is 16.9. The zero-order valence-electron chi connectivity index (χ0n) is 34.6. The van der Waals surface area contributed by atoms with Crippen molar-refractivity contribution in [1.82, 2.24) is 4.57 Å². The van der Waals surface area contributed by atoms with Gasteiger partial charge < -0.3 is 8.98 Å². The molecule has 10 aromatic carbocycles. The van der Waals surface area contributed by atoms with Crippen LogP contribution in [-0.2, 0) is 0 Å². The summed E-state index contributed by atoms with van der Waals surface area (Å²) in [4.78, 5) is 11.3. The molecule has 4 nitrogen and oxygen atoms in total. The highest BCUT2D eigenvalue weighted by Crippen LogP contribution is 2.42. The second kappa shape index (κ2) is 14.0. The first-order valence-corrected chi connectivity index (χ1v) is 21.8. The SMILES string of the molecule is CC1C/C=C(\c2cccc3ccccc23)N=C(c2ccc3ccccc3c2)N=C1c1cc(-n2c3cc4ccccc4cc3c3c4ccccc4ccc32)cc2oc3ccccc3c12. The number of aromatic nitrogens is 1. The van der Waals surface area contributed by atoms with Crippen LogP contribution >= 0.6 is 0 Å². The third-order valence-corrected chi connectivity index (χ3v) is 13.2. The van der Waals surface area contributed by atoms with E-state index < -0.39 is 0 Å². The molecule has 296 valence electrons. The normalized spacial score (nSPS) is 15.6. The van der Waals surface area contributed by atoms with E-state index in [2.05, 4.69) is 212 Å². The highest BCUT2D eigenvalue weighted by atomic mass is 16.3. The van der Waals surface area contributed by atoms with Crippen molar-refractivity contribution in [3.05, 3.63) is 217 Å². The number of para-hydroxylation sites is 1. The number of benzene rings is 10. The van der Waals surface area contributed by atoms with Crippen LogP contribution in [0.15, 0.2) is 215 Å². The van der Waals surface area contributed by atoms with Gasteiger partial charge in [-0.2, -0.15) is 0 Å². The molecule has 1 unspecified atom stereocenters. The number of allylic oxidation sites excluding steroid dienone is 1. The average molecular weight is 806 g/mol. The molecule has 1 atom stereocenters. The van der Waals surface area contributed by atoms with Crippen LogP contribution < -0.4 is 0 Å². The summed E-state index contributed by atoms with van der Waals surface area (Å²) in [7, 11) is 0. The molecule has 1 aliphatic rings. The number of hydrogen-bond acceptors (Lipinski definition) is 3. The summed E-state index contributed by atoms with van der Waals surface area (Å²) >= 11 is 0. The molecule has 0 bridgehead atoms. The first-order chi connectivity index (χ1) is 31.1. The molecule has 13 rings (SSSR count). The maximum atomic E-state index is 6.84. The topological polar surface area (TPSA) is 42.8 Å². The molecular weight excluding hydrogens is 767 g/mol. The highest BCUT2D eigenvalue weighted by Gasteiger charge is 2.25. The van der Waals surface area contributed by atoms with Gasteiger partial charge in [0.15, 0.2) is 5.84 Å². The van der Waals surface area contributed by atoms with E-state index in [-0.39, 0.29) is 5.92 Å². The van der Waals surface area contributed by atoms with Crippen LogP contribution in [0.1, 0.15) is 30.0 Å². The number of aliphatic imine (C=N–C) groups is 2. The van der Waals surface area contributed by atoms with Gasteiger partial charge in [-0.1, -0.05) is 165 Å².